The molecule has 0 saturated carbocycles. The second-order valence-electron chi connectivity index (χ2n) is 8.41. The van der Waals surface area contributed by atoms with E-state index in [0.717, 1.165) is 47.8 Å². The number of nitrogens with zero attached hydrogens (tertiary/aromatic N) is 3. The van der Waals surface area contributed by atoms with Crippen molar-refractivity contribution in [2.45, 2.75) is 38.9 Å². The van der Waals surface area contributed by atoms with Gasteiger partial charge < -0.3 is 10.0 Å². The maximum absolute atomic E-state index is 11.0. The fraction of sp³-hybridized carbons (Fsp3) is 0.308. The Balaban J connectivity index is 1.47. The third-order valence-corrected chi connectivity index (χ3v) is 5.94. The summed E-state index contributed by atoms with van der Waals surface area (Å²) >= 11 is 0. The van der Waals surface area contributed by atoms with Gasteiger partial charge in [-0.05, 0) is 37.1 Å². The molecule has 2 aromatic carbocycles. The number of anilines is 1. The number of benzene rings is 2. The SMILES string of the molecule is C[C@@H]1CN(c2cccc(-c3ccccc3)n2)C[C@H](C)N1Cc1cccc(CC(=O)O)c1. The van der Waals surface area contributed by atoms with Gasteiger partial charge in [0, 0.05) is 37.3 Å². The van der Waals surface area contributed by atoms with E-state index < -0.39 is 5.97 Å². The molecular weight excluding hydrogens is 386 g/mol. The Labute approximate surface area is 184 Å². The summed E-state index contributed by atoms with van der Waals surface area (Å²) in [6.45, 7) is 7.14. The summed E-state index contributed by atoms with van der Waals surface area (Å²) in [6, 6.07) is 25.2. The van der Waals surface area contributed by atoms with Crippen LogP contribution in [0.5, 0.6) is 0 Å². The molecule has 0 aliphatic carbocycles. The quantitative estimate of drug-likeness (QED) is 0.644. The normalized spacial score (nSPS) is 19.4. The molecule has 0 amide bonds. The van der Waals surface area contributed by atoms with Crippen molar-refractivity contribution in [3.05, 3.63) is 83.9 Å². The van der Waals surface area contributed by atoms with Crippen LogP contribution >= 0.6 is 0 Å². The van der Waals surface area contributed by atoms with Crippen LogP contribution in [0.25, 0.3) is 11.3 Å². The molecule has 4 rings (SSSR count). The molecule has 31 heavy (non-hydrogen) atoms. The Morgan fingerprint density at radius 2 is 1.61 bits per heavy atom. The smallest absolute Gasteiger partial charge is 0.307 e. The number of aliphatic carboxylic acids is 1. The lowest BCUT2D eigenvalue weighted by Crippen LogP contribution is -2.56. The third kappa shape index (κ3) is 5.12. The highest BCUT2D eigenvalue weighted by atomic mass is 16.4. The Hall–Kier alpha value is -3.18. The Morgan fingerprint density at radius 3 is 2.32 bits per heavy atom. The molecule has 2 atom stereocenters. The maximum atomic E-state index is 11.0. The molecule has 0 unspecified atom stereocenters. The van der Waals surface area contributed by atoms with Crippen molar-refractivity contribution in [3.8, 4) is 11.3 Å². The van der Waals surface area contributed by atoms with E-state index in [9.17, 15) is 4.79 Å². The number of pyridine rings is 1. The van der Waals surface area contributed by atoms with E-state index in [1.807, 2.05) is 36.4 Å². The largest absolute Gasteiger partial charge is 0.481 e. The monoisotopic (exact) mass is 415 g/mol. The van der Waals surface area contributed by atoms with Crippen LogP contribution in [0.15, 0.2) is 72.8 Å². The van der Waals surface area contributed by atoms with Crippen molar-refractivity contribution in [1.29, 1.82) is 0 Å². The molecule has 2 heterocycles. The van der Waals surface area contributed by atoms with Crippen LogP contribution in [0.4, 0.5) is 5.82 Å². The predicted octanol–water partition coefficient (Wildman–Crippen LogP) is 4.47. The number of hydrogen-bond acceptors (Lipinski definition) is 4. The van der Waals surface area contributed by atoms with Crippen LogP contribution < -0.4 is 4.90 Å². The fourth-order valence-electron chi connectivity index (χ4n) is 4.45. The number of carboxylic acids is 1. The zero-order chi connectivity index (χ0) is 21.8. The van der Waals surface area contributed by atoms with Crippen molar-refractivity contribution >= 4 is 11.8 Å². The lowest BCUT2D eigenvalue weighted by molar-refractivity contribution is -0.136. The van der Waals surface area contributed by atoms with Gasteiger partial charge in [0.05, 0.1) is 12.1 Å². The summed E-state index contributed by atoms with van der Waals surface area (Å²) in [5, 5.41) is 9.07. The number of piperazine rings is 1. The average molecular weight is 416 g/mol. The van der Waals surface area contributed by atoms with Gasteiger partial charge in [-0.15, -0.1) is 0 Å². The van der Waals surface area contributed by atoms with Gasteiger partial charge in [0.2, 0.25) is 0 Å². The second-order valence-corrected chi connectivity index (χ2v) is 8.41. The molecule has 1 N–H and O–H groups in total. The van der Waals surface area contributed by atoms with E-state index in [0.29, 0.717) is 12.1 Å². The van der Waals surface area contributed by atoms with Crippen LogP contribution in [-0.4, -0.2) is 46.1 Å². The van der Waals surface area contributed by atoms with Gasteiger partial charge >= 0.3 is 5.97 Å². The highest BCUT2D eigenvalue weighted by molar-refractivity contribution is 5.70. The molecule has 0 radical (unpaired) electrons. The molecule has 0 spiro atoms. The fourth-order valence-corrected chi connectivity index (χ4v) is 4.45. The van der Waals surface area contributed by atoms with Crippen molar-refractivity contribution < 1.29 is 9.90 Å². The van der Waals surface area contributed by atoms with E-state index in [2.05, 4.69) is 60.0 Å². The lowest BCUT2D eigenvalue weighted by atomic mass is 10.0. The highest BCUT2D eigenvalue weighted by Crippen LogP contribution is 2.25. The number of rotatable bonds is 6. The highest BCUT2D eigenvalue weighted by Gasteiger charge is 2.30. The summed E-state index contributed by atoms with van der Waals surface area (Å²) in [4.78, 5) is 20.8. The van der Waals surface area contributed by atoms with Crippen LogP contribution in [0.1, 0.15) is 25.0 Å². The molecule has 1 aliphatic heterocycles. The van der Waals surface area contributed by atoms with Gasteiger partial charge in [0.1, 0.15) is 5.82 Å². The molecule has 0 bridgehead atoms. The Kier molecular flexibility index (Phi) is 6.33. The molecule has 1 saturated heterocycles. The van der Waals surface area contributed by atoms with Gasteiger partial charge in [-0.2, -0.15) is 0 Å². The zero-order valence-electron chi connectivity index (χ0n) is 18.1. The lowest BCUT2D eigenvalue weighted by Gasteiger charge is -2.45. The van der Waals surface area contributed by atoms with E-state index in [-0.39, 0.29) is 6.42 Å². The molecule has 5 nitrogen and oxygen atoms in total. The minimum atomic E-state index is -0.794. The topological polar surface area (TPSA) is 56.7 Å². The molecular formula is C26H29N3O2. The summed E-state index contributed by atoms with van der Waals surface area (Å²) in [6.07, 6.45) is 0.0656. The van der Waals surface area contributed by atoms with Crippen LogP contribution in [0.3, 0.4) is 0 Å². The molecule has 3 aromatic rings. The third-order valence-electron chi connectivity index (χ3n) is 5.94. The van der Waals surface area contributed by atoms with E-state index in [1.54, 1.807) is 0 Å². The Morgan fingerprint density at radius 1 is 0.935 bits per heavy atom. The van der Waals surface area contributed by atoms with Crippen molar-refractivity contribution in [3.63, 3.8) is 0 Å². The van der Waals surface area contributed by atoms with Gasteiger partial charge in [0.15, 0.2) is 0 Å². The zero-order valence-corrected chi connectivity index (χ0v) is 18.1. The number of hydrogen-bond donors (Lipinski definition) is 1. The predicted molar refractivity (Wildman–Crippen MR) is 124 cm³/mol. The van der Waals surface area contributed by atoms with Gasteiger partial charge in [-0.3, -0.25) is 9.69 Å². The first-order chi connectivity index (χ1) is 15.0. The molecule has 1 aliphatic rings. The first-order valence-corrected chi connectivity index (χ1v) is 10.8. The van der Waals surface area contributed by atoms with E-state index in [4.69, 9.17) is 10.1 Å². The standard InChI is InChI=1S/C26H29N3O2/c1-19-16-28(25-13-7-12-24(27-25)23-10-4-3-5-11-23)17-20(2)29(19)18-22-9-6-8-21(14-22)15-26(30)31/h3-14,19-20H,15-18H2,1-2H3,(H,30,31)/t19-,20+. The second kappa shape index (κ2) is 9.31. The summed E-state index contributed by atoms with van der Waals surface area (Å²) in [7, 11) is 0. The van der Waals surface area contributed by atoms with Gasteiger partial charge in [-0.1, -0.05) is 60.7 Å². The average Bonchev–Trinajstić information content (AvgIpc) is 2.77. The number of carbonyl (C=O) groups is 1. The minimum absolute atomic E-state index is 0.0656. The van der Waals surface area contributed by atoms with Crippen LogP contribution in [0, 0.1) is 0 Å². The first kappa shape index (κ1) is 21.1. The first-order valence-electron chi connectivity index (χ1n) is 10.8. The number of aromatic nitrogens is 1. The molecule has 5 heteroatoms. The summed E-state index contributed by atoms with van der Waals surface area (Å²) in [5.41, 5.74) is 4.14. The molecule has 160 valence electrons. The molecule has 1 aromatic heterocycles. The van der Waals surface area contributed by atoms with Gasteiger partial charge in [-0.25, -0.2) is 4.98 Å². The Bertz CT molecular complexity index is 1030. The van der Waals surface area contributed by atoms with Crippen molar-refractivity contribution in [2.75, 3.05) is 18.0 Å². The molecule has 1 fully saturated rings. The number of carboxylic acid groups (broad SMARTS) is 1. The minimum Gasteiger partial charge on any atom is -0.481 e. The summed E-state index contributed by atoms with van der Waals surface area (Å²) < 4.78 is 0. The van der Waals surface area contributed by atoms with Gasteiger partial charge in [0.25, 0.3) is 0 Å². The van der Waals surface area contributed by atoms with Crippen molar-refractivity contribution in [1.82, 2.24) is 9.88 Å². The van der Waals surface area contributed by atoms with E-state index >= 15 is 0 Å². The van der Waals surface area contributed by atoms with Crippen LogP contribution in [0.2, 0.25) is 0 Å². The van der Waals surface area contributed by atoms with E-state index in [1.165, 1.54) is 0 Å². The maximum Gasteiger partial charge on any atom is 0.307 e. The van der Waals surface area contributed by atoms with Crippen LogP contribution in [-0.2, 0) is 17.8 Å². The van der Waals surface area contributed by atoms with Crippen molar-refractivity contribution in [2.24, 2.45) is 0 Å². The summed E-state index contributed by atoms with van der Waals surface area (Å²) in [5.74, 6) is 0.223.